The van der Waals surface area contributed by atoms with E-state index in [0.717, 1.165) is 19.3 Å². The molecule has 3 N–H and O–H groups in total. The Balaban J connectivity index is 2.23. The van der Waals surface area contributed by atoms with Crippen LogP contribution in [0.3, 0.4) is 0 Å². The number of hydrogen-bond donors (Lipinski definition) is 2. The minimum absolute atomic E-state index is 0.0126. The first-order valence-corrected chi connectivity index (χ1v) is 12.0. The Hall–Kier alpha value is -2.86. The normalized spacial score (nSPS) is 14.6. The summed E-state index contributed by atoms with van der Waals surface area (Å²) in [6.07, 6.45) is 6.74. The van der Waals surface area contributed by atoms with Crippen LogP contribution in [0.2, 0.25) is 5.02 Å². The molecule has 7 heteroatoms. The Labute approximate surface area is 206 Å². The monoisotopic (exact) mass is 484 g/mol. The number of nitrogens with one attached hydrogen (secondary N) is 1. The Morgan fingerprint density at radius 2 is 2.06 bits per heavy atom. The summed E-state index contributed by atoms with van der Waals surface area (Å²) in [7, 11) is 0. The van der Waals surface area contributed by atoms with Crippen LogP contribution in [0.4, 0.5) is 4.39 Å². The van der Waals surface area contributed by atoms with Gasteiger partial charge in [-0.3, -0.25) is 9.36 Å². The maximum atomic E-state index is 15.4. The molecule has 0 aliphatic heterocycles. The number of carbonyl (C=O) groups is 1. The quantitative estimate of drug-likeness (QED) is 0.436. The lowest BCUT2D eigenvalue weighted by Gasteiger charge is -2.22. The second-order valence-corrected chi connectivity index (χ2v) is 9.89. The lowest BCUT2D eigenvalue weighted by molar-refractivity contribution is 0.0925. The molecule has 182 valence electrons. The number of aromatic nitrogens is 2. The molecule has 1 heterocycles. The standard InChI is InChI=1S/C27H34ClFN4O/c1-8-12-33-24(17(6)30)18(7)31-25(33)16(5)19-14-21(28)23(29)22(20(19)13-15(3)4)26(34)32-27(9-2)10-11-27/h8,12,14-15H,5-6,9-11,13,30H2,1-4,7H3,(H,32,34)/b12-8-. The third-order valence-electron chi connectivity index (χ3n) is 6.36. The van der Waals surface area contributed by atoms with E-state index in [9.17, 15) is 4.79 Å². The van der Waals surface area contributed by atoms with Crippen LogP contribution in [0.1, 0.15) is 85.7 Å². The molecule has 0 spiro atoms. The highest BCUT2D eigenvalue weighted by Gasteiger charge is 2.43. The molecule has 1 aromatic heterocycles. The zero-order valence-electron chi connectivity index (χ0n) is 20.7. The van der Waals surface area contributed by atoms with Crippen LogP contribution in [0.25, 0.3) is 17.5 Å². The van der Waals surface area contributed by atoms with Gasteiger partial charge in [-0.25, -0.2) is 9.37 Å². The van der Waals surface area contributed by atoms with Crippen molar-refractivity contribution in [2.24, 2.45) is 11.7 Å². The number of aryl methyl sites for hydroxylation is 1. The average Bonchev–Trinajstić information content (AvgIpc) is 3.44. The van der Waals surface area contributed by atoms with Crippen molar-refractivity contribution in [2.75, 3.05) is 0 Å². The summed E-state index contributed by atoms with van der Waals surface area (Å²) in [4.78, 5) is 18.1. The first-order chi connectivity index (χ1) is 16.0. The van der Waals surface area contributed by atoms with E-state index in [1.807, 2.05) is 51.5 Å². The number of rotatable bonds is 9. The number of halogens is 2. The van der Waals surface area contributed by atoms with Gasteiger partial charge in [-0.2, -0.15) is 0 Å². The van der Waals surface area contributed by atoms with Crippen LogP contribution in [0.5, 0.6) is 0 Å². The van der Waals surface area contributed by atoms with Gasteiger partial charge >= 0.3 is 0 Å². The van der Waals surface area contributed by atoms with E-state index >= 15 is 4.39 Å². The molecule has 0 radical (unpaired) electrons. The molecule has 1 saturated carbocycles. The van der Waals surface area contributed by atoms with Gasteiger partial charge in [0.2, 0.25) is 0 Å². The number of hydrogen-bond acceptors (Lipinski definition) is 3. The van der Waals surface area contributed by atoms with Gasteiger partial charge < -0.3 is 11.1 Å². The molecule has 1 aromatic carbocycles. The zero-order valence-corrected chi connectivity index (χ0v) is 21.4. The van der Waals surface area contributed by atoms with Gasteiger partial charge in [0.05, 0.1) is 27.7 Å². The highest BCUT2D eigenvalue weighted by Crippen LogP contribution is 2.40. The number of carbonyl (C=O) groups excluding carboxylic acids is 1. The summed E-state index contributed by atoms with van der Waals surface area (Å²) in [5.74, 6) is -0.449. The van der Waals surface area contributed by atoms with Gasteiger partial charge in [0.1, 0.15) is 5.82 Å². The molecule has 5 nitrogen and oxygen atoms in total. The predicted octanol–water partition coefficient (Wildman–Crippen LogP) is 6.34. The molecule has 1 fully saturated rings. The number of nitrogens with two attached hydrogens (primary N) is 1. The fraction of sp³-hybridized carbons (Fsp3) is 0.407. The summed E-state index contributed by atoms with van der Waals surface area (Å²) in [5.41, 5.74) is 9.20. The van der Waals surface area contributed by atoms with Crippen molar-refractivity contribution in [2.45, 2.75) is 65.8 Å². The molecule has 2 aromatic rings. The Bertz CT molecular complexity index is 1190. The van der Waals surface area contributed by atoms with Crippen molar-refractivity contribution < 1.29 is 9.18 Å². The number of benzene rings is 1. The Kier molecular flexibility index (Phi) is 7.41. The number of amides is 1. The molecule has 0 bridgehead atoms. The summed E-state index contributed by atoms with van der Waals surface area (Å²) in [6.45, 7) is 18.0. The van der Waals surface area contributed by atoms with Crippen molar-refractivity contribution in [3.05, 3.63) is 70.0 Å². The smallest absolute Gasteiger partial charge is 0.255 e. The third-order valence-corrected chi connectivity index (χ3v) is 6.63. The van der Waals surface area contributed by atoms with E-state index in [-0.39, 0.29) is 22.0 Å². The topological polar surface area (TPSA) is 72.9 Å². The fourth-order valence-electron chi connectivity index (χ4n) is 4.37. The largest absolute Gasteiger partial charge is 0.397 e. The van der Waals surface area contributed by atoms with E-state index in [2.05, 4.69) is 18.5 Å². The maximum absolute atomic E-state index is 15.4. The van der Waals surface area contributed by atoms with Crippen molar-refractivity contribution in [3.63, 3.8) is 0 Å². The molecule has 0 unspecified atom stereocenters. The molecule has 1 aliphatic rings. The third kappa shape index (κ3) is 4.83. The maximum Gasteiger partial charge on any atom is 0.255 e. The van der Waals surface area contributed by atoms with Gasteiger partial charge in [-0.1, -0.05) is 51.6 Å². The second kappa shape index (κ2) is 9.79. The highest BCUT2D eigenvalue weighted by atomic mass is 35.5. The van der Waals surface area contributed by atoms with Gasteiger partial charge in [-0.15, -0.1) is 0 Å². The number of nitrogens with zero attached hydrogens (tertiary/aromatic N) is 2. The van der Waals surface area contributed by atoms with E-state index < -0.39 is 11.7 Å². The van der Waals surface area contributed by atoms with Crippen molar-refractivity contribution in [1.82, 2.24) is 14.9 Å². The molecule has 0 saturated heterocycles. The van der Waals surface area contributed by atoms with Crippen LogP contribution in [-0.4, -0.2) is 21.0 Å². The summed E-state index contributed by atoms with van der Waals surface area (Å²) >= 11 is 6.34. The zero-order chi connectivity index (χ0) is 25.4. The lowest BCUT2D eigenvalue weighted by atomic mass is 9.88. The van der Waals surface area contributed by atoms with Gasteiger partial charge in [0, 0.05) is 17.3 Å². The minimum Gasteiger partial charge on any atom is -0.397 e. The second-order valence-electron chi connectivity index (χ2n) is 9.49. The van der Waals surface area contributed by atoms with Crippen LogP contribution in [0, 0.1) is 18.7 Å². The summed E-state index contributed by atoms with van der Waals surface area (Å²) < 4.78 is 17.2. The van der Waals surface area contributed by atoms with Crippen LogP contribution >= 0.6 is 11.6 Å². The van der Waals surface area contributed by atoms with E-state index in [4.69, 9.17) is 22.3 Å². The Morgan fingerprint density at radius 3 is 2.56 bits per heavy atom. The molecule has 0 atom stereocenters. The summed E-state index contributed by atoms with van der Waals surface area (Å²) in [6, 6.07) is 1.54. The van der Waals surface area contributed by atoms with Crippen molar-refractivity contribution >= 4 is 35.0 Å². The van der Waals surface area contributed by atoms with E-state index in [1.54, 1.807) is 6.07 Å². The first-order valence-electron chi connectivity index (χ1n) is 11.7. The SMILES string of the molecule is C=C(c1cc(Cl)c(F)c(C(=O)NC2(CC)CC2)c1CC(C)C)c1nc(C)c(C(=C)N)n1/C=C\C. The average molecular weight is 485 g/mol. The summed E-state index contributed by atoms with van der Waals surface area (Å²) in [5, 5.41) is 2.93. The Morgan fingerprint density at radius 1 is 1.41 bits per heavy atom. The van der Waals surface area contributed by atoms with Crippen molar-refractivity contribution in [3.8, 4) is 0 Å². The molecule has 34 heavy (non-hydrogen) atoms. The number of allylic oxidation sites excluding steroid dienone is 1. The van der Waals surface area contributed by atoms with Crippen LogP contribution < -0.4 is 11.1 Å². The van der Waals surface area contributed by atoms with Crippen LogP contribution in [0.15, 0.2) is 25.3 Å². The van der Waals surface area contributed by atoms with Gasteiger partial charge in [0.15, 0.2) is 5.82 Å². The first kappa shape index (κ1) is 25.8. The van der Waals surface area contributed by atoms with Gasteiger partial charge in [0.25, 0.3) is 5.91 Å². The molecular weight excluding hydrogens is 451 g/mol. The molecule has 1 aliphatic carbocycles. The van der Waals surface area contributed by atoms with E-state index in [0.29, 0.717) is 46.0 Å². The molecule has 1 amide bonds. The van der Waals surface area contributed by atoms with Gasteiger partial charge in [-0.05, 0) is 62.6 Å². The van der Waals surface area contributed by atoms with E-state index in [1.165, 1.54) is 0 Å². The van der Waals surface area contributed by atoms with Crippen LogP contribution in [-0.2, 0) is 6.42 Å². The number of imidazole rings is 1. The fourth-order valence-corrected chi connectivity index (χ4v) is 4.58. The molecule has 3 rings (SSSR count). The minimum atomic E-state index is -0.706. The van der Waals surface area contributed by atoms with Crippen molar-refractivity contribution in [1.29, 1.82) is 0 Å². The lowest BCUT2D eigenvalue weighted by Crippen LogP contribution is -2.37. The predicted molar refractivity (Wildman–Crippen MR) is 139 cm³/mol. The molecular formula is C27H34ClFN4O. The highest BCUT2D eigenvalue weighted by molar-refractivity contribution is 6.31.